The third-order valence-electron chi connectivity index (χ3n) is 2.70. The third-order valence-corrected chi connectivity index (χ3v) is 2.70. The summed E-state index contributed by atoms with van der Waals surface area (Å²) >= 11 is 0. The van der Waals surface area contributed by atoms with Gasteiger partial charge in [0, 0.05) is 13.2 Å². The molecule has 1 fully saturated rings. The van der Waals surface area contributed by atoms with Crippen molar-refractivity contribution in [2.45, 2.75) is 44.8 Å². The standard InChI is InChI=1S/C9H19NO/c1-9(2,11-3)8(10)6-7-4-5-7/h7-8H,4-6,10H2,1-3H3. The van der Waals surface area contributed by atoms with Crippen molar-refractivity contribution in [1.29, 1.82) is 0 Å². The van der Waals surface area contributed by atoms with Gasteiger partial charge in [-0.1, -0.05) is 12.8 Å². The summed E-state index contributed by atoms with van der Waals surface area (Å²) < 4.78 is 5.30. The van der Waals surface area contributed by atoms with E-state index in [-0.39, 0.29) is 11.6 Å². The molecule has 0 aliphatic heterocycles. The van der Waals surface area contributed by atoms with Crippen LogP contribution in [0.1, 0.15) is 33.1 Å². The van der Waals surface area contributed by atoms with Crippen LogP contribution in [0.25, 0.3) is 0 Å². The SMILES string of the molecule is COC(C)(C)C(N)CC1CC1. The van der Waals surface area contributed by atoms with Crippen molar-refractivity contribution in [2.24, 2.45) is 11.7 Å². The minimum absolute atomic E-state index is 0.150. The summed E-state index contributed by atoms with van der Waals surface area (Å²) in [6.45, 7) is 4.11. The van der Waals surface area contributed by atoms with Crippen molar-refractivity contribution < 1.29 is 4.74 Å². The minimum atomic E-state index is -0.150. The van der Waals surface area contributed by atoms with E-state index >= 15 is 0 Å². The van der Waals surface area contributed by atoms with Crippen LogP contribution in [0.3, 0.4) is 0 Å². The normalized spacial score (nSPS) is 21.8. The topological polar surface area (TPSA) is 35.2 Å². The summed E-state index contributed by atoms with van der Waals surface area (Å²) in [6, 6.07) is 0.194. The van der Waals surface area contributed by atoms with Gasteiger partial charge in [-0.25, -0.2) is 0 Å². The van der Waals surface area contributed by atoms with Crippen molar-refractivity contribution in [3.8, 4) is 0 Å². The first-order valence-electron chi connectivity index (χ1n) is 4.37. The first kappa shape index (κ1) is 9.01. The first-order valence-corrected chi connectivity index (χ1v) is 4.37. The Morgan fingerprint density at radius 3 is 2.45 bits per heavy atom. The summed E-state index contributed by atoms with van der Waals surface area (Å²) in [5.41, 5.74) is 5.83. The molecule has 66 valence electrons. The molecule has 1 saturated carbocycles. The van der Waals surface area contributed by atoms with E-state index in [1.807, 2.05) is 0 Å². The maximum absolute atomic E-state index is 5.98. The van der Waals surface area contributed by atoms with E-state index in [0.29, 0.717) is 0 Å². The van der Waals surface area contributed by atoms with Gasteiger partial charge in [-0.15, -0.1) is 0 Å². The minimum Gasteiger partial charge on any atom is -0.377 e. The Hall–Kier alpha value is -0.0800. The van der Waals surface area contributed by atoms with Crippen LogP contribution in [0.15, 0.2) is 0 Å². The van der Waals surface area contributed by atoms with Gasteiger partial charge in [-0.05, 0) is 26.2 Å². The number of hydrogen-bond donors (Lipinski definition) is 1. The molecule has 2 heteroatoms. The summed E-state index contributed by atoms with van der Waals surface area (Å²) in [5.74, 6) is 0.888. The predicted octanol–water partition coefficient (Wildman–Crippen LogP) is 1.54. The average molecular weight is 157 g/mol. The van der Waals surface area contributed by atoms with Crippen LogP contribution in [0, 0.1) is 5.92 Å². The van der Waals surface area contributed by atoms with E-state index in [9.17, 15) is 0 Å². The number of rotatable bonds is 4. The Labute approximate surface area is 69.1 Å². The maximum atomic E-state index is 5.98. The first-order chi connectivity index (χ1) is 5.06. The molecule has 0 saturated heterocycles. The fourth-order valence-electron chi connectivity index (χ4n) is 1.15. The molecule has 0 bridgehead atoms. The lowest BCUT2D eigenvalue weighted by Gasteiger charge is -2.30. The van der Waals surface area contributed by atoms with Crippen LogP contribution in [0.5, 0.6) is 0 Å². The van der Waals surface area contributed by atoms with Crippen LogP contribution in [-0.2, 0) is 4.74 Å². The molecule has 0 aromatic carbocycles. The van der Waals surface area contributed by atoms with Crippen molar-refractivity contribution in [3.05, 3.63) is 0 Å². The largest absolute Gasteiger partial charge is 0.377 e. The molecule has 0 heterocycles. The van der Waals surface area contributed by atoms with Crippen LogP contribution < -0.4 is 5.73 Å². The highest BCUT2D eigenvalue weighted by Crippen LogP contribution is 2.35. The van der Waals surface area contributed by atoms with Gasteiger partial charge in [0.1, 0.15) is 0 Å². The number of nitrogens with two attached hydrogens (primary N) is 1. The summed E-state index contributed by atoms with van der Waals surface area (Å²) in [5, 5.41) is 0. The zero-order valence-corrected chi connectivity index (χ0v) is 7.76. The van der Waals surface area contributed by atoms with Gasteiger partial charge in [-0.3, -0.25) is 0 Å². The molecule has 0 amide bonds. The second-order valence-electron chi connectivity index (χ2n) is 4.09. The van der Waals surface area contributed by atoms with E-state index < -0.39 is 0 Å². The third kappa shape index (κ3) is 2.46. The van der Waals surface area contributed by atoms with Gasteiger partial charge in [0.2, 0.25) is 0 Å². The van der Waals surface area contributed by atoms with Gasteiger partial charge in [-0.2, -0.15) is 0 Å². The van der Waals surface area contributed by atoms with E-state index in [1.54, 1.807) is 7.11 Å². The van der Waals surface area contributed by atoms with E-state index in [0.717, 1.165) is 12.3 Å². The summed E-state index contributed by atoms with van der Waals surface area (Å²) in [7, 11) is 1.73. The molecule has 1 rings (SSSR count). The number of ether oxygens (including phenoxy) is 1. The highest BCUT2D eigenvalue weighted by atomic mass is 16.5. The van der Waals surface area contributed by atoms with Crippen molar-refractivity contribution >= 4 is 0 Å². The molecule has 1 unspecified atom stereocenters. The molecule has 0 aromatic rings. The Kier molecular flexibility index (Phi) is 2.55. The quantitative estimate of drug-likeness (QED) is 0.672. The lowest BCUT2D eigenvalue weighted by molar-refractivity contribution is -0.00279. The molecule has 2 N–H and O–H groups in total. The lowest BCUT2D eigenvalue weighted by atomic mass is 9.94. The Morgan fingerprint density at radius 2 is 2.09 bits per heavy atom. The van der Waals surface area contributed by atoms with Crippen LogP contribution in [0.4, 0.5) is 0 Å². The van der Waals surface area contributed by atoms with Gasteiger partial charge in [0.05, 0.1) is 5.60 Å². The molecule has 0 spiro atoms. The molecule has 1 aliphatic carbocycles. The number of methoxy groups -OCH3 is 1. The highest BCUT2D eigenvalue weighted by Gasteiger charge is 2.32. The molecule has 1 atom stereocenters. The molecular weight excluding hydrogens is 138 g/mol. The van der Waals surface area contributed by atoms with E-state index in [4.69, 9.17) is 10.5 Å². The molecule has 0 aromatic heterocycles. The Balaban J connectivity index is 2.31. The summed E-state index contributed by atoms with van der Waals surface area (Å²) in [4.78, 5) is 0. The van der Waals surface area contributed by atoms with Gasteiger partial charge < -0.3 is 10.5 Å². The molecule has 1 aliphatic rings. The number of hydrogen-bond acceptors (Lipinski definition) is 2. The fraction of sp³-hybridized carbons (Fsp3) is 1.00. The molecule has 0 radical (unpaired) electrons. The predicted molar refractivity (Wildman–Crippen MR) is 46.4 cm³/mol. The van der Waals surface area contributed by atoms with Gasteiger partial charge in [0.15, 0.2) is 0 Å². The second-order valence-corrected chi connectivity index (χ2v) is 4.09. The average Bonchev–Trinajstić information content (AvgIpc) is 2.72. The fourth-order valence-corrected chi connectivity index (χ4v) is 1.15. The monoisotopic (exact) mass is 157 g/mol. The highest BCUT2D eigenvalue weighted by molar-refractivity contribution is 4.88. The molecule has 2 nitrogen and oxygen atoms in total. The van der Waals surface area contributed by atoms with Gasteiger partial charge in [0.25, 0.3) is 0 Å². The molecular formula is C9H19NO. The van der Waals surface area contributed by atoms with E-state index in [1.165, 1.54) is 12.8 Å². The Bertz CT molecular complexity index is 130. The lowest BCUT2D eigenvalue weighted by Crippen LogP contribution is -2.44. The maximum Gasteiger partial charge on any atom is 0.0773 e. The zero-order valence-electron chi connectivity index (χ0n) is 7.76. The van der Waals surface area contributed by atoms with Gasteiger partial charge >= 0.3 is 0 Å². The van der Waals surface area contributed by atoms with Crippen LogP contribution in [0.2, 0.25) is 0 Å². The van der Waals surface area contributed by atoms with Crippen molar-refractivity contribution in [1.82, 2.24) is 0 Å². The van der Waals surface area contributed by atoms with Crippen molar-refractivity contribution in [2.75, 3.05) is 7.11 Å². The van der Waals surface area contributed by atoms with Crippen LogP contribution >= 0.6 is 0 Å². The summed E-state index contributed by atoms with van der Waals surface area (Å²) in [6.07, 6.45) is 3.86. The smallest absolute Gasteiger partial charge is 0.0773 e. The zero-order chi connectivity index (χ0) is 8.48. The van der Waals surface area contributed by atoms with E-state index in [2.05, 4.69) is 13.8 Å². The molecule has 11 heavy (non-hydrogen) atoms. The van der Waals surface area contributed by atoms with Crippen LogP contribution in [-0.4, -0.2) is 18.8 Å². The second kappa shape index (κ2) is 3.11. The Morgan fingerprint density at radius 1 is 1.55 bits per heavy atom. The van der Waals surface area contributed by atoms with Crippen molar-refractivity contribution in [3.63, 3.8) is 0 Å².